The maximum atomic E-state index is 4.42. The average Bonchev–Trinajstić information content (AvgIpc) is 2.63. The standard InChI is InChI=1S/C11H14N2/c1-9-7-10(2)13(12-9)8-11-5-3-4-6-11/h3-7,11H,8H2,1-2H3. The predicted octanol–water partition coefficient (Wildman–Crippen LogP) is 2.24. The summed E-state index contributed by atoms with van der Waals surface area (Å²) in [6, 6.07) is 2.11. The number of nitrogens with zero attached hydrogens (tertiary/aromatic N) is 2. The van der Waals surface area contributed by atoms with E-state index in [1.807, 2.05) is 6.92 Å². The lowest BCUT2D eigenvalue weighted by Gasteiger charge is -2.07. The molecular weight excluding hydrogens is 160 g/mol. The van der Waals surface area contributed by atoms with Gasteiger partial charge in [-0.2, -0.15) is 5.10 Å². The highest BCUT2D eigenvalue weighted by atomic mass is 15.3. The van der Waals surface area contributed by atoms with E-state index in [-0.39, 0.29) is 0 Å². The van der Waals surface area contributed by atoms with Crippen LogP contribution in [0.1, 0.15) is 11.4 Å². The molecule has 1 heterocycles. The molecule has 13 heavy (non-hydrogen) atoms. The smallest absolute Gasteiger partial charge is 0.0596 e. The zero-order valence-electron chi connectivity index (χ0n) is 8.07. The molecule has 0 unspecified atom stereocenters. The minimum absolute atomic E-state index is 0.526. The zero-order valence-corrected chi connectivity index (χ0v) is 8.07. The zero-order chi connectivity index (χ0) is 9.26. The molecule has 0 aliphatic heterocycles. The molecule has 0 amide bonds. The van der Waals surface area contributed by atoms with Crippen molar-refractivity contribution in [1.29, 1.82) is 0 Å². The molecule has 2 nitrogen and oxygen atoms in total. The minimum atomic E-state index is 0.526. The van der Waals surface area contributed by atoms with Crippen molar-refractivity contribution in [2.75, 3.05) is 0 Å². The van der Waals surface area contributed by atoms with Gasteiger partial charge in [-0.25, -0.2) is 0 Å². The first kappa shape index (κ1) is 8.30. The SMILES string of the molecule is Cc1cc(C)n(CC2C=CC=C2)n1. The van der Waals surface area contributed by atoms with Gasteiger partial charge in [0, 0.05) is 11.6 Å². The summed E-state index contributed by atoms with van der Waals surface area (Å²) < 4.78 is 2.07. The second-order valence-corrected chi connectivity index (χ2v) is 3.54. The van der Waals surface area contributed by atoms with Crippen molar-refractivity contribution in [3.8, 4) is 0 Å². The minimum Gasteiger partial charge on any atom is -0.269 e. The van der Waals surface area contributed by atoms with E-state index >= 15 is 0 Å². The lowest BCUT2D eigenvalue weighted by Crippen LogP contribution is -2.08. The first-order chi connectivity index (χ1) is 6.25. The molecule has 1 aliphatic rings. The summed E-state index contributed by atoms with van der Waals surface area (Å²) in [6.45, 7) is 5.10. The Morgan fingerprint density at radius 3 is 2.54 bits per heavy atom. The van der Waals surface area contributed by atoms with Gasteiger partial charge >= 0.3 is 0 Å². The fourth-order valence-corrected chi connectivity index (χ4v) is 1.66. The first-order valence-electron chi connectivity index (χ1n) is 4.62. The molecule has 0 spiro atoms. The van der Waals surface area contributed by atoms with E-state index in [1.165, 1.54) is 5.69 Å². The highest BCUT2D eigenvalue weighted by Gasteiger charge is 2.07. The summed E-state index contributed by atoms with van der Waals surface area (Å²) in [4.78, 5) is 0. The van der Waals surface area contributed by atoms with E-state index in [1.54, 1.807) is 0 Å². The number of rotatable bonds is 2. The summed E-state index contributed by atoms with van der Waals surface area (Å²) in [6.07, 6.45) is 8.60. The van der Waals surface area contributed by atoms with Crippen LogP contribution in [0, 0.1) is 19.8 Å². The summed E-state index contributed by atoms with van der Waals surface area (Å²) in [5.74, 6) is 0.526. The molecule has 1 aliphatic carbocycles. The van der Waals surface area contributed by atoms with Gasteiger partial charge in [0.1, 0.15) is 0 Å². The van der Waals surface area contributed by atoms with E-state index in [4.69, 9.17) is 0 Å². The monoisotopic (exact) mass is 174 g/mol. The molecule has 0 radical (unpaired) electrons. The van der Waals surface area contributed by atoms with E-state index in [0.717, 1.165) is 12.2 Å². The highest BCUT2D eigenvalue weighted by Crippen LogP contribution is 2.13. The van der Waals surface area contributed by atoms with Crippen molar-refractivity contribution in [1.82, 2.24) is 9.78 Å². The topological polar surface area (TPSA) is 17.8 Å². The van der Waals surface area contributed by atoms with Crippen LogP contribution in [0.2, 0.25) is 0 Å². The summed E-state index contributed by atoms with van der Waals surface area (Å²) in [7, 11) is 0. The van der Waals surface area contributed by atoms with Crippen molar-refractivity contribution in [2.45, 2.75) is 20.4 Å². The van der Waals surface area contributed by atoms with Gasteiger partial charge < -0.3 is 0 Å². The Labute approximate surface area is 78.6 Å². The van der Waals surface area contributed by atoms with Crippen LogP contribution in [-0.2, 0) is 6.54 Å². The van der Waals surface area contributed by atoms with Crippen LogP contribution in [0.3, 0.4) is 0 Å². The molecule has 0 saturated heterocycles. The van der Waals surface area contributed by atoms with E-state index in [2.05, 4.69) is 47.1 Å². The second kappa shape index (κ2) is 3.21. The Bertz CT molecular complexity index is 346. The first-order valence-corrected chi connectivity index (χ1v) is 4.62. The molecule has 2 heteroatoms. The third-order valence-electron chi connectivity index (χ3n) is 2.31. The van der Waals surface area contributed by atoms with Crippen molar-refractivity contribution in [2.24, 2.45) is 5.92 Å². The number of aryl methyl sites for hydroxylation is 2. The third kappa shape index (κ3) is 1.72. The molecule has 0 fully saturated rings. The van der Waals surface area contributed by atoms with Gasteiger partial charge in [-0.05, 0) is 19.9 Å². The second-order valence-electron chi connectivity index (χ2n) is 3.54. The van der Waals surface area contributed by atoms with E-state index in [9.17, 15) is 0 Å². The Hall–Kier alpha value is -1.31. The van der Waals surface area contributed by atoms with Gasteiger partial charge in [0.25, 0.3) is 0 Å². The molecule has 0 aromatic carbocycles. The molecule has 68 valence electrons. The third-order valence-corrected chi connectivity index (χ3v) is 2.31. The lowest BCUT2D eigenvalue weighted by atomic mass is 10.2. The van der Waals surface area contributed by atoms with Gasteiger partial charge in [0.15, 0.2) is 0 Å². The number of aromatic nitrogens is 2. The number of hydrogen-bond acceptors (Lipinski definition) is 1. The Balaban J connectivity index is 2.13. The maximum absolute atomic E-state index is 4.42. The van der Waals surface area contributed by atoms with Gasteiger partial charge in [0.05, 0.1) is 12.2 Å². The summed E-state index contributed by atoms with van der Waals surface area (Å²) in [5, 5.41) is 4.42. The fourth-order valence-electron chi connectivity index (χ4n) is 1.66. The molecule has 0 N–H and O–H groups in total. The molecule has 1 aromatic rings. The lowest BCUT2D eigenvalue weighted by molar-refractivity contribution is 0.542. The highest BCUT2D eigenvalue weighted by molar-refractivity contribution is 5.18. The predicted molar refractivity (Wildman–Crippen MR) is 53.5 cm³/mol. The van der Waals surface area contributed by atoms with Crippen molar-refractivity contribution >= 4 is 0 Å². The van der Waals surface area contributed by atoms with Gasteiger partial charge in [-0.15, -0.1) is 0 Å². The quantitative estimate of drug-likeness (QED) is 0.672. The largest absolute Gasteiger partial charge is 0.269 e. The van der Waals surface area contributed by atoms with Gasteiger partial charge in [-0.1, -0.05) is 24.3 Å². The molecule has 2 rings (SSSR count). The normalized spacial score (nSPS) is 15.8. The molecule has 0 saturated carbocycles. The molecule has 1 aromatic heterocycles. The average molecular weight is 174 g/mol. The van der Waals surface area contributed by atoms with Gasteiger partial charge in [0.2, 0.25) is 0 Å². The van der Waals surface area contributed by atoms with Gasteiger partial charge in [-0.3, -0.25) is 4.68 Å². The summed E-state index contributed by atoms with van der Waals surface area (Å²) >= 11 is 0. The van der Waals surface area contributed by atoms with Crippen molar-refractivity contribution in [3.63, 3.8) is 0 Å². The van der Waals surface area contributed by atoms with E-state index in [0.29, 0.717) is 5.92 Å². The number of allylic oxidation sites excluding steroid dienone is 4. The van der Waals surface area contributed by atoms with Crippen LogP contribution < -0.4 is 0 Å². The van der Waals surface area contributed by atoms with Crippen LogP contribution >= 0.6 is 0 Å². The molecular formula is C11H14N2. The van der Waals surface area contributed by atoms with E-state index < -0.39 is 0 Å². The van der Waals surface area contributed by atoms with Crippen LogP contribution in [0.4, 0.5) is 0 Å². The van der Waals surface area contributed by atoms with Crippen LogP contribution in [0.5, 0.6) is 0 Å². The Morgan fingerprint density at radius 2 is 2.00 bits per heavy atom. The molecule has 0 atom stereocenters. The Morgan fingerprint density at radius 1 is 1.31 bits per heavy atom. The maximum Gasteiger partial charge on any atom is 0.0596 e. The Kier molecular flexibility index (Phi) is 2.05. The number of hydrogen-bond donors (Lipinski definition) is 0. The summed E-state index contributed by atoms with van der Waals surface area (Å²) in [5.41, 5.74) is 2.34. The van der Waals surface area contributed by atoms with Crippen molar-refractivity contribution < 1.29 is 0 Å². The van der Waals surface area contributed by atoms with Crippen LogP contribution in [-0.4, -0.2) is 9.78 Å². The molecule has 0 bridgehead atoms. The van der Waals surface area contributed by atoms with Crippen molar-refractivity contribution in [3.05, 3.63) is 41.8 Å². The van der Waals surface area contributed by atoms with Crippen LogP contribution in [0.25, 0.3) is 0 Å². The fraction of sp³-hybridized carbons (Fsp3) is 0.364. The van der Waals surface area contributed by atoms with Crippen LogP contribution in [0.15, 0.2) is 30.4 Å².